The van der Waals surface area contributed by atoms with Crippen molar-refractivity contribution < 1.29 is 4.42 Å². The van der Waals surface area contributed by atoms with Crippen LogP contribution >= 0.6 is 0 Å². The minimum Gasteiger partial charge on any atom is -0.467 e. The molecule has 0 radical (unpaired) electrons. The van der Waals surface area contributed by atoms with E-state index in [0.29, 0.717) is 0 Å². The lowest BCUT2D eigenvalue weighted by Crippen LogP contribution is -2.17. The molecule has 1 N–H and O–H groups in total. The van der Waals surface area contributed by atoms with Crippen molar-refractivity contribution in [2.75, 3.05) is 7.05 Å². The molecule has 2 aromatic rings. The lowest BCUT2D eigenvalue weighted by Gasteiger charge is -2.20. The van der Waals surface area contributed by atoms with Gasteiger partial charge >= 0.3 is 0 Å². The van der Waals surface area contributed by atoms with E-state index in [-0.39, 0.29) is 6.04 Å². The number of hydrogen-bond donors (Lipinski definition) is 1. The lowest BCUT2D eigenvalue weighted by atomic mass is 9.89. The number of furan rings is 1. The van der Waals surface area contributed by atoms with Crippen molar-refractivity contribution >= 4 is 0 Å². The predicted molar refractivity (Wildman–Crippen MR) is 72.7 cm³/mol. The SMILES string of the molecule is CNC(c1ccc2c(c1)CCCC2)c1ccco1. The highest BCUT2D eigenvalue weighted by atomic mass is 16.3. The first-order chi connectivity index (χ1) is 8.88. The first-order valence-corrected chi connectivity index (χ1v) is 6.71. The standard InChI is InChI=1S/C16H19NO/c1-17-16(15-7-4-10-18-15)14-9-8-12-5-2-3-6-13(12)11-14/h4,7-11,16-17H,2-3,5-6H2,1H3. The van der Waals surface area contributed by atoms with Gasteiger partial charge in [0.15, 0.2) is 0 Å². The molecule has 94 valence electrons. The Labute approximate surface area is 108 Å². The monoisotopic (exact) mass is 241 g/mol. The zero-order chi connectivity index (χ0) is 12.4. The molecule has 1 aliphatic carbocycles. The Morgan fingerprint density at radius 2 is 1.94 bits per heavy atom. The quantitative estimate of drug-likeness (QED) is 0.890. The summed E-state index contributed by atoms with van der Waals surface area (Å²) in [5, 5.41) is 3.33. The van der Waals surface area contributed by atoms with E-state index in [4.69, 9.17) is 4.42 Å². The fraction of sp³-hybridized carbons (Fsp3) is 0.375. The van der Waals surface area contributed by atoms with Gasteiger partial charge < -0.3 is 9.73 Å². The maximum atomic E-state index is 5.52. The van der Waals surface area contributed by atoms with Gasteiger partial charge in [-0.15, -0.1) is 0 Å². The number of rotatable bonds is 3. The van der Waals surface area contributed by atoms with E-state index in [1.807, 2.05) is 19.2 Å². The molecular formula is C16H19NO. The summed E-state index contributed by atoms with van der Waals surface area (Å²) in [6.07, 6.45) is 6.85. The molecule has 0 fully saturated rings. The molecular weight excluding hydrogens is 222 g/mol. The highest BCUT2D eigenvalue weighted by Gasteiger charge is 2.17. The average Bonchev–Trinajstić information content (AvgIpc) is 2.93. The van der Waals surface area contributed by atoms with Gasteiger partial charge in [-0.2, -0.15) is 0 Å². The molecule has 0 saturated carbocycles. The van der Waals surface area contributed by atoms with Crippen LogP contribution in [0.15, 0.2) is 41.0 Å². The number of nitrogens with one attached hydrogen (secondary N) is 1. The van der Waals surface area contributed by atoms with Crippen LogP contribution in [0, 0.1) is 0 Å². The van der Waals surface area contributed by atoms with E-state index in [2.05, 4.69) is 23.5 Å². The number of benzene rings is 1. The molecule has 1 aliphatic rings. The topological polar surface area (TPSA) is 25.2 Å². The van der Waals surface area contributed by atoms with Crippen molar-refractivity contribution in [2.45, 2.75) is 31.7 Å². The summed E-state index contributed by atoms with van der Waals surface area (Å²) in [5.41, 5.74) is 4.35. The third kappa shape index (κ3) is 2.08. The Balaban J connectivity index is 1.95. The van der Waals surface area contributed by atoms with Gasteiger partial charge in [0.25, 0.3) is 0 Å². The molecule has 1 unspecified atom stereocenters. The maximum absolute atomic E-state index is 5.52. The molecule has 1 atom stereocenters. The molecule has 3 rings (SSSR count). The van der Waals surface area contributed by atoms with Crippen molar-refractivity contribution in [3.8, 4) is 0 Å². The third-order valence-corrected chi connectivity index (χ3v) is 3.82. The predicted octanol–water partition coefficient (Wildman–Crippen LogP) is 3.47. The van der Waals surface area contributed by atoms with Crippen molar-refractivity contribution in [1.29, 1.82) is 0 Å². The van der Waals surface area contributed by atoms with Crippen LogP contribution in [0.25, 0.3) is 0 Å². The van der Waals surface area contributed by atoms with E-state index in [0.717, 1.165) is 5.76 Å². The second-order valence-corrected chi connectivity index (χ2v) is 4.97. The highest BCUT2D eigenvalue weighted by Crippen LogP contribution is 2.27. The largest absolute Gasteiger partial charge is 0.467 e. The van der Waals surface area contributed by atoms with Crippen molar-refractivity contribution in [2.24, 2.45) is 0 Å². The lowest BCUT2D eigenvalue weighted by molar-refractivity contribution is 0.463. The van der Waals surface area contributed by atoms with Gasteiger partial charge in [-0.25, -0.2) is 0 Å². The zero-order valence-corrected chi connectivity index (χ0v) is 10.8. The van der Waals surface area contributed by atoms with E-state index in [1.54, 1.807) is 6.26 Å². The molecule has 2 nitrogen and oxygen atoms in total. The molecule has 1 aromatic heterocycles. The van der Waals surface area contributed by atoms with Gasteiger partial charge in [0.2, 0.25) is 0 Å². The van der Waals surface area contributed by atoms with E-state index < -0.39 is 0 Å². The normalized spacial score (nSPS) is 16.3. The first-order valence-electron chi connectivity index (χ1n) is 6.71. The van der Waals surface area contributed by atoms with Crippen LogP contribution in [-0.2, 0) is 12.8 Å². The average molecular weight is 241 g/mol. The molecule has 0 saturated heterocycles. The fourth-order valence-corrected chi connectivity index (χ4v) is 2.86. The minimum absolute atomic E-state index is 0.159. The van der Waals surface area contributed by atoms with Gasteiger partial charge in [0, 0.05) is 0 Å². The van der Waals surface area contributed by atoms with Crippen LogP contribution in [0.2, 0.25) is 0 Å². The Hall–Kier alpha value is -1.54. The van der Waals surface area contributed by atoms with Crippen molar-refractivity contribution in [1.82, 2.24) is 5.32 Å². The van der Waals surface area contributed by atoms with Crippen LogP contribution in [0.3, 0.4) is 0 Å². The van der Waals surface area contributed by atoms with E-state index >= 15 is 0 Å². The fourth-order valence-electron chi connectivity index (χ4n) is 2.86. The number of hydrogen-bond acceptors (Lipinski definition) is 2. The van der Waals surface area contributed by atoms with Crippen LogP contribution in [0.4, 0.5) is 0 Å². The van der Waals surface area contributed by atoms with Crippen LogP contribution in [-0.4, -0.2) is 7.05 Å². The second-order valence-electron chi connectivity index (χ2n) is 4.97. The van der Waals surface area contributed by atoms with Crippen molar-refractivity contribution in [3.05, 3.63) is 59.0 Å². The highest BCUT2D eigenvalue weighted by molar-refractivity contribution is 5.37. The second kappa shape index (κ2) is 4.99. The van der Waals surface area contributed by atoms with Gasteiger partial charge in [-0.1, -0.05) is 18.2 Å². The van der Waals surface area contributed by atoms with Crippen molar-refractivity contribution in [3.63, 3.8) is 0 Å². The first kappa shape index (κ1) is 11.5. The summed E-state index contributed by atoms with van der Waals surface area (Å²) in [6, 6.07) is 11.0. The minimum atomic E-state index is 0.159. The van der Waals surface area contributed by atoms with Gasteiger partial charge in [0.05, 0.1) is 12.3 Å². The summed E-state index contributed by atoms with van der Waals surface area (Å²) < 4.78 is 5.52. The molecule has 2 heteroatoms. The molecule has 0 spiro atoms. The number of aryl methyl sites for hydroxylation is 2. The van der Waals surface area contributed by atoms with Crippen LogP contribution < -0.4 is 5.32 Å². The molecule has 18 heavy (non-hydrogen) atoms. The molecule has 0 aliphatic heterocycles. The zero-order valence-electron chi connectivity index (χ0n) is 10.8. The summed E-state index contributed by atoms with van der Waals surface area (Å²) in [4.78, 5) is 0. The van der Waals surface area contributed by atoms with Gasteiger partial charge in [-0.05, 0) is 61.6 Å². The van der Waals surface area contributed by atoms with Crippen LogP contribution in [0.1, 0.15) is 41.3 Å². The Bertz CT molecular complexity index is 516. The Morgan fingerprint density at radius 3 is 2.67 bits per heavy atom. The third-order valence-electron chi connectivity index (χ3n) is 3.82. The smallest absolute Gasteiger partial charge is 0.125 e. The molecule has 1 heterocycles. The Kier molecular flexibility index (Phi) is 3.20. The summed E-state index contributed by atoms with van der Waals surface area (Å²) >= 11 is 0. The maximum Gasteiger partial charge on any atom is 0.125 e. The van der Waals surface area contributed by atoms with Crippen LogP contribution in [0.5, 0.6) is 0 Å². The molecule has 1 aromatic carbocycles. The molecule has 0 bridgehead atoms. The van der Waals surface area contributed by atoms with E-state index in [9.17, 15) is 0 Å². The summed E-state index contributed by atoms with van der Waals surface area (Å²) in [7, 11) is 1.98. The van der Waals surface area contributed by atoms with E-state index in [1.165, 1.54) is 42.4 Å². The Morgan fingerprint density at radius 1 is 1.11 bits per heavy atom. The number of fused-ring (bicyclic) bond motifs is 1. The van der Waals surface area contributed by atoms with Gasteiger partial charge in [0.1, 0.15) is 5.76 Å². The molecule has 0 amide bonds. The summed E-state index contributed by atoms with van der Waals surface area (Å²) in [6.45, 7) is 0. The van der Waals surface area contributed by atoms with Gasteiger partial charge in [-0.3, -0.25) is 0 Å². The summed E-state index contributed by atoms with van der Waals surface area (Å²) in [5.74, 6) is 0.980.